The summed E-state index contributed by atoms with van der Waals surface area (Å²) in [5, 5.41) is 12.1. The first-order chi connectivity index (χ1) is 17.2. The van der Waals surface area contributed by atoms with Crippen LogP contribution in [0.2, 0.25) is 0 Å². The van der Waals surface area contributed by atoms with Gasteiger partial charge in [-0.1, -0.05) is 25.1 Å². The highest BCUT2D eigenvalue weighted by molar-refractivity contribution is 5.76. The van der Waals surface area contributed by atoms with Gasteiger partial charge in [0.15, 0.2) is 0 Å². The van der Waals surface area contributed by atoms with E-state index in [9.17, 15) is 18.0 Å². The number of piperidine rings is 1. The average molecular weight is 516 g/mol. The van der Waals surface area contributed by atoms with Gasteiger partial charge in [-0.2, -0.15) is 18.4 Å². The van der Waals surface area contributed by atoms with Crippen LogP contribution in [-0.2, 0) is 11.0 Å². The van der Waals surface area contributed by atoms with Crippen molar-refractivity contribution < 1.29 is 18.0 Å². The third-order valence-electron chi connectivity index (χ3n) is 7.08. The summed E-state index contributed by atoms with van der Waals surface area (Å²) < 4.78 is 39.8. The molecule has 2 aliphatic heterocycles. The van der Waals surface area contributed by atoms with Crippen molar-refractivity contribution in [2.24, 2.45) is 0 Å². The van der Waals surface area contributed by atoms with Crippen molar-refractivity contribution in [2.75, 3.05) is 55.6 Å². The van der Waals surface area contributed by atoms with Crippen LogP contribution in [-0.4, -0.2) is 62.7 Å². The number of amides is 1. The van der Waals surface area contributed by atoms with Crippen LogP contribution >= 0.6 is 0 Å². The minimum absolute atomic E-state index is 0. The van der Waals surface area contributed by atoms with E-state index in [-0.39, 0.29) is 24.9 Å². The van der Waals surface area contributed by atoms with E-state index >= 15 is 0 Å². The van der Waals surface area contributed by atoms with Gasteiger partial charge in [-0.3, -0.25) is 9.69 Å². The summed E-state index contributed by atoms with van der Waals surface area (Å²) in [6, 6.07) is 14.0. The number of nitrogens with one attached hydrogen (secondary N) is 1. The molecule has 2 aromatic carbocycles. The van der Waals surface area contributed by atoms with Gasteiger partial charge in [0.1, 0.15) is 0 Å². The van der Waals surface area contributed by atoms with E-state index in [4.69, 9.17) is 5.26 Å². The van der Waals surface area contributed by atoms with Crippen LogP contribution in [0.4, 0.5) is 24.5 Å². The molecule has 37 heavy (non-hydrogen) atoms. The Hall–Kier alpha value is -3.25. The van der Waals surface area contributed by atoms with Crippen LogP contribution in [0.5, 0.6) is 0 Å². The molecule has 2 heterocycles. The number of rotatable bonds is 6. The Balaban J connectivity index is 0.00000380. The topological polar surface area (TPSA) is 62.6 Å². The highest BCUT2D eigenvalue weighted by atomic mass is 19.4. The van der Waals surface area contributed by atoms with E-state index in [1.807, 2.05) is 4.90 Å². The number of hydrogen-bond acceptors (Lipinski definition) is 5. The van der Waals surface area contributed by atoms with Crippen LogP contribution < -0.4 is 15.1 Å². The van der Waals surface area contributed by atoms with Crippen molar-refractivity contribution >= 4 is 17.3 Å². The Morgan fingerprint density at radius 2 is 1.57 bits per heavy atom. The summed E-state index contributed by atoms with van der Waals surface area (Å²) in [6.45, 7) is 7.62. The molecular formula is C28H36F3N5O. The van der Waals surface area contributed by atoms with Gasteiger partial charge in [-0.05, 0) is 50.1 Å². The number of anilines is 2. The normalized spacial score (nSPS) is 17.2. The summed E-state index contributed by atoms with van der Waals surface area (Å²) in [5.74, 6) is 0.0205. The Morgan fingerprint density at radius 3 is 2.16 bits per heavy atom. The summed E-state index contributed by atoms with van der Waals surface area (Å²) in [6.07, 6.45) is -2.79. The number of nitrogens with zero attached hydrogens (tertiary/aromatic N) is 4. The van der Waals surface area contributed by atoms with Gasteiger partial charge in [0.25, 0.3) is 0 Å². The highest BCUT2D eigenvalue weighted by Gasteiger charge is 2.34. The molecule has 9 heteroatoms. The molecule has 2 aliphatic rings. The molecule has 0 bridgehead atoms. The maximum atomic E-state index is 13.3. The van der Waals surface area contributed by atoms with Crippen molar-refractivity contribution in [3.05, 3.63) is 59.2 Å². The maximum Gasteiger partial charge on any atom is 0.417 e. The summed E-state index contributed by atoms with van der Waals surface area (Å²) in [5.41, 5.74) is 1.66. The molecule has 2 aromatic rings. The standard InChI is InChI=1S/C27H32F3N5O.CH4/c1-20-2-5-23(6-3-20)35-16-14-33(15-17-35)11-10-26(36)32-22-8-12-34(13-9-22)24-7-4-21(19-31)25(18-24)27(28,29)30;/h2-7,18,22H,8-17H2,1H3,(H,32,36);1H4. The van der Waals surface area contributed by atoms with Crippen LogP contribution in [0.1, 0.15) is 43.4 Å². The Labute approximate surface area is 217 Å². The van der Waals surface area contributed by atoms with E-state index in [0.29, 0.717) is 38.0 Å². The first kappa shape index (κ1) is 28.3. The molecule has 2 fully saturated rings. The van der Waals surface area contributed by atoms with E-state index < -0.39 is 11.7 Å². The van der Waals surface area contributed by atoms with Gasteiger partial charge >= 0.3 is 6.18 Å². The van der Waals surface area contributed by atoms with Crippen molar-refractivity contribution in [3.63, 3.8) is 0 Å². The number of carbonyl (C=O) groups is 1. The molecule has 1 N–H and O–H groups in total. The van der Waals surface area contributed by atoms with E-state index in [2.05, 4.69) is 46.3 Å². The molecule has 0 radical (unpaired) electrons. The molecule has 0 spiro atoms. The zero-order valence-corrected chi connectivity index (χ0v) is 20.5. The van der Waals surface area contributed by atoms with Gasteiger partial charge < -0.3 is 15.1 Å². The largest absolute Gasteiger partial charge is 0.417 e. The van der Waals surface area contributed by atoms with E-state index in [1.165, 1.54) is 17.3 Å². The molecule has 6 nitrogen and oxygen atoms in total. The highest BCUT2D eigenvalue weighted by Crippen LogP contribution is 2.35. The first-order valence-electron chi connectivity index (χ1n) is 12.4. The number of carbonyl (C=O) groups excluding carboxylic acids is 1. The SMILES string of the molecule is C.Cc1ccc(N2CCN(CCC(=O)NC3CCN(c4ccc(C#N)c(C(F)(F)F)c4)CC3)CC2)cc1. The van der Waals surface area contributed by atoms with Gasteiger partial charge in [-0.15, -0.1) is 0 Å². The molecule has 0 saturated carbocycles. The molecule has 1 amide bonds. The fourth-order valence-electron chi connectivity index (χ4n) is 4.89. The fraction of sp³-hybridized carbons (Fsp3) is 0.500. The molecule has 0 atom stereocenters. The molecule has 0 aromatic heterocycles. The predicted octanol–water partition coefficient (Wildman–Crippen LogP) is 4.82. The first-order valence-corrected chi connectivity index (χ1v) is 12.4. The van der Waals surface area contributed by atoms with Crippen LogP contribution in [0.25, 0.3) is 0 Å². The van der Waals surface area contributed by atoms with Crippen LogP contribution in [0.15, 0.2) is 42.5 Å². The Kier molecular flexibility index (Phi) is 9.44. The summed E-state index contributed by atoms with van der Waals surface area (Å²) in [7, 11) is 0. The molecule has 0 aliphatic carbocycles. The number of nitriles is 1. The average Bonchev–Trinajstić information content (AvgIpc) is 2.88. The Morgan fingerprint density at radius 1 is 0.973 bits per heavy atom. The monoisotopic (exact) mass is 515 g/mol. The number of benzene rings is 2. The molecule has 4 rings (SSSR count). The lowest BCUT2D eigenvalue weighted by molar-refractivity contribution is -0.137. The van der Waals surface area contributed by atoms with Gasteiger partial charge in [0.2, 0.25) is 5.91 Å². The second-order valence-corrected chi connectivity index (χ2v) is 9.58. The maximum absolute atomic E-state index is 13.3. The minimum Gasteiger partial charge on any atom is -0.371 e. The smallest absolute Gasteiger partial charge is 0.371 e. The fourth-order valence-corrected chi connectivity index (χ4v) is 4.89. The zero-order valence-electron chi connectivity index (χ0n) is 20.5. The second kappa shape index (κ2) is 12.3. The zero-order chi connectivity index (χ0) is 25.7. The quantitative estimate of drug-likeness (QED) is 0.598. The van der Waals surface area contributed by atoms with Crippen molar-refractivity contribution in [1.29, 1.82) is 5.26 Å². The lowest BCUT2D eigenvalue weighted by Crippen LogP contribution is -2.48. The van der Waals surface area contributed by atoms with Gasteiger partial charge in [-0.25, -0.2) is 0 Å². The molecule has 0 unspecified atom stereocenters. The van der Waals surface area contributed by atoms with Crippen molar-refractivity contribution in [2.45, 2.75) is 45.8 Å². The van der Waals surface area contributed by atoms with E-state index in [0.717, 1.165) is 38.8 Å². The van der Waals surface area contributed by atoms with Crippen molar-refractivity contribution in [3.8, 4) is 6.07 Å². The molecule has 200 valence electrons. The third kappa shape index (κ3) is 7.39. The van der Waals surface area contributed by atoms with Gasteiger partial charge in [0, 0.05) is 69.7 Å². The summed E-state index contributed by atoms with van der Waals surface area (Å²) in [4.78, 5) is 19.1. The van der Waals surface area contributed by atoms with Crippen LogP contribution in [0.3, 0.4) is 0 Å². The van der Waals surface area contributed by atoms with E-state index in [1.54, 1.807) is 12.1 Å². The molecular weight excluding hydrogens is 479 g/mol. The minimum atomic E-state index is -4.57. The second-order valence-electron chi connectivity index (χ2n) is 9.58. The van der Waals surface area contributed by atoms with Gasteiger partial charge in [0.05, 0.1) is 17.2 Å². The number of hydrogen-bond donors (Lipinski definition) is 1. The molecule has 2 saturated heterocycles. The third-order valence-corrected chi connectivity index (χ3v) is 7.08. The van der Waals surface area contributed by atoms with Crippen LogP contribution in [0, 0.1) is 18.3 Å². The Bertz CT molecular complexity index is 1080. The number of aryl methyl sites for hydroxylation is 1. The lowest BCUT2D eigenvalue weighted by Gasteiger charge is -2.36. The number of alkyl halides is 3. The van der Waals surface area contributed by atoms with Crippen molar-refractivity contribution in [1.82, 2.24) is 10.2 Å². The summed E-state index contributed by atoms with van der Waals surface area (Å²) >= 11 is 0. The predicted molar refractivity (Wildman–Crippen MR) is 141 cm³/mol. The number of halogens is 3. The lowest BCUT2D eigenvalue weighted by atomic mass is 10.0. The number of piperazine rings is 1.